The molecule has 0 aliphatic rings. The molecular formula is C24H31N3O3S2. The zero-order chi connectivity index (χ0) is 23.1. The van der Waals surface area contributed by atoms with Gasteiger partial charge in [-0.15, -0.1) is 0 Å². The third-order valence-corrected chi connectivity index (χ3v) is 8.44. The Labute approximate surface area is 194 Å². The first-order valence-corrected chi connectivity index (χ1v) is 13.5. The molecule has 3 aromatic rings. The fourth-order valence-corrected chi connectivity index (χ4v) is 6.01. The lowest BCUT2D eigenvalue weighted by molar-refractivity contribution is -0.118. The first kappa shape index (κ1) is 24.4. The third kappa shape index (κ3) is 5.94. The Morgan fingerprint density at radius 1 is 1.00 bits per heavy atom. The molecule has 0 saturated carbocycles. The lowest BCUT2D eigenvalue weighted by Gasteiger charge is -2.24. The highest BCUT2D eigenvalue weighted by Gasteiger charge is 2.22. The number of nitrogens with zero attached hydrogens (tertiary/aromatic N) is 3. The van der Waals surface area contributed by atoms with E-state index < -0.39 is 9.84 Å². The second-order valence-corrected chi connectivity index (χ2v) is 10.8. The van der Waals surface area contributed by atoms with Crippen molar-refractivity contribution in [2.24, 2.45) is 0 Å². The molecule has 0 saturated heterocycles. The molecule has 1 heterocycles. The fourth-order valence-electron chi connectivity index (χ4n) is 3.59. The lowest BCUT2D eigenvalue weighted by Crippen LogP contribution is -2.38. The van der Waals surface area contributed by atoms with Crippen molar-refractivity contribution in [3.8, 4) is 0 Å². The quantitative estimate of drug-likeness (QED) is 0.409. The van der Waals surface area contributed by atoms with E-state index in [2.05, 4.69) is 18.7 Å². The number of rotatable bonds is 11. The van der Waals surface area contributed by atoms with Gasteiger partial charge in [0.2, 0.25) is 5.91 Å². The van der Waals surface area contributed by atoms with Gasteiger partial charge in [-0.25, -0.2) is 13.4 Å². The minimum absolute atomic E-state index is 0.0500. The van der Waals surface area contributed by atoms with Crippen LogP contribution in [0.3, 0.4) is 0 Å². The fraction of sp³-hybridized carbons (Fsp3) is 0.417. The minimum Gasteiger partial charge on any atom is -0.302 e. The van der Waals surface area contributed by atoms with Crippen LogP contribution in [0, 0.1) is 6.92 Å². The lowest BCUT2D eigenvalue weighted by atomic mass is 10.2. The van der Waals surface area contributed by atoms with Gasteiger partial charge in [0.25, 0.3) is 0 Å². The van der Waals surface area contributed by atoms with E-state index >= 15 is 0 Å². The maximum absolute atomic E-state index is 13.2. The standard InChI is InChI=1S/C24H31N3O3S2/c1-4-26(5-2)16-17-27(24-25-23-19(3)11-9-14-21(23)31-24)22(28)15-10-18-32(29,30)20-12-7-6-8-13-20/h6-9,11-14H,4-5,10,15-18H2,1-3H3. The first-order chi connectivity index (χ1) is 15.4. The van der Waals surface area contributed by atoms with Crippen molar-refractivity contribution in [1.29, 1.82) is 0 Å². The molecule has 6 nitrogen and oxygen atoms in total. The van der Waals surface area contributed by atoms with E-state index in [0.717, 1.165) is 35.4 Å². The van der Waals surface area contributed by atoms with E-state index in [1.54, 1.807) is 35.2 Å². The molecule has 0 fully saturated rings. The molecule has 0 unspecified atom stereocenters. The summed E-state index contributed by atoms with van der Waals surface area (Å²) in [6.07, 6.45) is 0.445. The van der Waals surface area contributed by atoms with E-state index in [1.807, 2.05) is 25.1 Å². The van der Waals surface area contributed by atoms with Gasteiger partial charge in [-0.3, -0.25) is 9.69 Å². The van der Waals surface area contributed by atoms with Gasteiger partial charge in [-0.05, 0) is 50.2 Å². The number of carbonyl (C=O) groups is 1. The molecule has 0 atom stereocenters. The van der Waals surface area contributed by atoms with Crippen LogP contribution < -0.4 is 4.90 Å². The minimum atomic E-state index is -3.40. The molecule has 0 aliphatic carbocycles. The van der Waals surface area contributed by atoms with Crippen LogP contribution in [0.1, 0.15) is 32.3 Å². The molecule has 1 amide bonds. The number of likely N-dealkylation sites (N-methyl/N-ethyl adjacent to an activating group) is 1. The Morgan fingerprint density at radius 2 is 1.72 bits per heavy atom. The van der Waals surface area contributed by atoms with Crippen LogP contribution in [0.4, 0.5) is 5.13 Å². The Hall–Kier alpha value is -2.29. The van der Waals surface area contributed by atoms with Crippen LogP contribution in [-0.2, 0) is 14.6 Å². The maximum Gasteiger partial charge on any atom is 0.228 e. The van der Waals surface area contributed by atoms with Gasteiger partial charge in [0, 0.05) is 19.5 Å². The van der Waals surface area contributed by atoms with E-state index in [4.69, 9.17) is 4.98 Å². The molecule has 1 aromatic heterocycles. The second kappa shape index (κ2) is 11.0. The molecule has 0 N–H and O–H groups in total. The summed E-state index contributed by atoms with van der Waals surface area (Å²) in [5, 5.41) is 0.678. The molecular weight excluding hydrogens is 442 g/mol. The number of benzene rings is 2. The second-order valence-electron chi connectivity index (χ2n) is 7.73. The zero-order valence-corrected chi connectivity index (χ0v) is 20.6. The highest BCUT2D eigenvalue weighted by Crippen LogP contribution is 2.31. The Balaban J connectivity index is 1.74. The molecule has 8 heteroatoms. The van der Waals surface area contributed by atoms with Crippen LogP contribution >= 0.6 is 11.3 Å². The third-order valence-electron chi connectivity index (χ3n) is 5.58. The summed E-state index contributed by atoms with van der Waals surface area (Å²) in [4.78, 5) is 22.2. The van der Waals surface area contributed by atoms with Crippen molar-refractivity contribution in [1.82, 2.24) is 9.88 Å². The molecule has 0 spiro atoms. The van der Waals surface area contributed by atoms with Gasteiger partial charge >= 0.3 is 0 Å². The average molecular weight is 474 g/mol. The first-order valence-electron chi connectivity index (χ1n) is 11.0. The predicted molar refractivity (Wildman–Crippen MR) is 132 cm³/mol. The summed E-state index contributed by atoms with van der Waals surface area (Å²) in [5.41, 5.74) is 2.00. The number of hydrogen-bond donors (Lipinski definition) is 0. The summed E-state index contributed by atoms with van der Waals surface area (Å²) in [5.74, 6) is -0.136. The van der Waals surface area contributed by atoms with Gasteiger partial charge in [0.15, 0.2) is 15.0 Å². The topological polar surface area (TPSA) is 70.6 Å². The molecule has 0 bridgehead atoms. The Bertz CT molecular complexity index is 1140. The van der Waals surface area contributed by atoms with Crippen molar-refractivity contribution < 1.29 is 13.2 Å². The van der Waals surface area contributed by atoms with Crippen LogP contribution in [0.2, 0.25) is 0 Å². The van der Waals surface area contributed by atoms with E-state index in [0.29, 0.717) is 16.6 Å². The van der Waals surface area contributed by atoms with Crippen LogP contribution in [0.25, 0.3) is 10.2 Å². The number of amides is 1. The number of hydrogen-bond acceptors (Lipinski definition) is 6. The van der Waals surface area contributed by atoms with Crippen molar-refractivity contribution in [3.05, 3.63) is 54.1 Å². The Kier molecular flexibility index (Phi) is 8.39. The number of aromatic nitrogens is 1. The number of fused-ring (bicyclic) bond motifs is 1. The van der Waals surface area contributed by atoms with Crippen LogP contribution in [0.15, 0.2) is 53.4 Å². The number of aryl methyl sites for hydroxylation is 1. The smallest absolute Gasteiger partial charge is 0.228 e. The van der Waals surface area contributed by atoms with E-state index in [-0.39, 0.29) is 24.5 Å². The number of carbonyl (C=O) groups excluding carboxylic acids is 1. The summed E-state index contributed by atoms with van der Waals surface area (Å²) < 4.78 is 26.2. The summed E-state index contributed by atoms with van der Waals surface area (Å²) in [7, 11) is -3.40. The molecule has 32 heavy (non-hydrogen) atoms. The summed E-state index contributed by atoms with van der Waals surface area (Å²) >= 11 is 1.51. The van der Waals surface area contributed by atoms with E-state index in [9.17, 15) is 13.2 Å². The molecule has 172 valence electrons. The number of thiazole rings is 1. The predicted octanol–water partition coefficient (Wildman–Crippen LogP) is 4.53. The SMILES string of the molecule is CCN(CC)CCN(C(=O)CCCS(=O)(=O)c1ccccc1)c1nc2c(C)cccc2s1. The van der Waals surface area contributed by atoms with Crippen LogP contribution in [-0.4, -0.2) is 56.1 Å². The van der Waals surface area contributed by atoms with Gasteiger partial charge in [-0.2, -0.15) is 0 Å². The normalized spacial score (nSPS) is 11.9. The van der Waals surface area contributed by atoms with Gasteiger partial charge in [0.1, 0.15) is 0 Å². The van der Waals surface area contributed by atoms with Gasteiger partial charge < -0.3 is 4.90 Å². The van der Waals surface area contributed by atoms with Crippen LogP contribution in [0.5, 0.6) is 0 Å². The molecule has 2 aromatic carbocycles. The highest BCUT2D eigenvalue weighted by atomic mass is 32.2. The average Bonchev–Trinajstić information content (AvgIpc) is 3.22. The largest absolute Gasteiger partial charge is 0.302 e. The summed E-state index contributed by atoms with van der Waals surface area (Å²) in [6.45, 7) is 9.32. The molecule has 0 radical (unpaired) electrons. The zero-order valence-electron chi connectivity index (χ0n) is 19.0. The number of sulfone groups is 1. The number of anilines is 1. The number of para-hydroxylation sites is 1. The van der Waals surface area contributed by atoms with Crippen molar-refractivity contribution in [2.75, 3.05) is 36.8 Å². The van der Waals surface area contributed by atoms with Gasteiger partial charge in [0.05, 0.1) is 20.9 Å². The maximum atomic E-state index is 13.2. The molecule has 0 aliphatic heterocycles. The van der Waals surface area contributed by atoms with Crippen molar-refractivity contribution in [2.45, 2.75) is 38.5 Å². The Morgan fingerprint density at radius 3 is 2.38 bits per heavy atom. The summed E-state index contributed by atoms with van der Waals surface area (Å²) in [6, 6.07) is 14.4. The van der Waals surface area contributed by atoms with E-state index in [1.165, 1.54) is 11.3 Å². The van der Waals surface area contributed by atoms with Crippen molar-refractivity contribution >= 4 is 42.4 Å². The van der Waals surface area contributed by atoms with Crippen molar-refractivity contribution in [3.63, 3.8) is 0 Å². The molecule has 3 rings (SSSR count). The van der Waals surface area contributed by atoms with Gasteiger partial charge in [-0.1, -0.05) is 55.5 Å². The highest BCUT2D eigenvalue weighted by molar-refractivity contribution is 7.91. The monoisotopic (exact) mass is 473 g/mol.